The van der Waals surface area contributed by atoms with Gasteiger partial charge in [0.25, 0.3) is 0 Å². The number of benzene rings is 1. The molecule has 0 amide bonds. The second kappa shape index (κ2) is 10.1. The zero-order valence-electron chi connectivity index (χ0n) is 24.7. The van der Waals surface area contributed by atoms with E-state index in [0.717, 1.165) is 35.2 Å². The van der Waals surface area contributed by atoms with E-state index in [-0.39, 0.29) is 42.3 Å². The van der Waals surface area contributed by atoms with Crippen molar-refractivity contribution >= 4 is 17.5 Å². The van der Waals surface area contributed by atoms with E-state index in [4.69, 9.17) is 4.74 Å². The molecular weight excluding hydrogens is 532 g/mol. The van der Waals surface area contributed by atoms with Crippen LogP contribution in [0.1, 0.15) is 52.0 Å². The molecule has 1 aromatic carbocycles. The Morgan fingerprint density at radius 2 is 1.90 bits per heavy atom. The number of ether oxygens (including phenoxy) is 1. The third-order valence-electron chi connectivity index (χ3n) is 11.2. The van der Waals surface area contributed by atoms with Crippen molar-refractivity contribution in [1.29, 1.82) is 0 Å². The lowest BCUT2D eigenvalue weighted by Gasteiger charge is -2.59. The standard InChI is InChI=1S/C34H40N2O6/c1-20-15-26-25-10-9-23-17-24(37)11-13-32(23,2)31(25)28(38)18-33(26,3)34(20,41)29(39)19-42-30(40)16-21-5-7-22(8-6-21)27-12-14-36(4)35-27/h5-8,11-14,17,20,25-26,28,31,38,41H,9-10,15-16,18-19H2,1-4H3/t20-,25?,26?,28?,31?,32?,33?,34+/m1/s1. The summed E-state index contributed by atoms with van der Waals surface area (Å²) in [6.45, 7) is 5.42. The van der Waals surface area contributed by atoms with Crippen LogP contribution in [0.4, 0.5) is 0 Å². The first-order valence-corrected chi connectivity index (χ1v) is 15.0. The van der Waals surface area contributed by atoms with Crippen LogP contribution in [-0.2, 0) is 32.6 Å². The van der Waals surface area contributed by atoms with Crippen LogP contribution >= 0.6 is 0 Å². The number of ketones is 2. The summed E-state index contributed by atoms with van der Waals surface area (Å²) >= 11 is 0. The second-order valence-electron chi connectivity index (χ2n) is 13.4. The summed E-state index contributed by atoms with van der Waals surface area (Å²) in [7, 11) is 1.85. The third kappa shape index (κ3) is 4.33. The summed E-state index contributed by atoms with van der Waals surface area (Å²) in [6, 6.07) is 9.39. The lowest BCUT2D eigenvalue weighted by atomic mass is 9.46. The van der Waals surface area contributed by atoms with Crippen molar-refractivity contribution in [2.75, 3.05) is 6.61 Å². The molecular formula is C34H40N2O6. The van der Waals surface area contributed by atoms with Gasteiger partial charge < -0.3 is 14.9 Å². The molecule has 1 heterocycles. The van der Waals surface area contributed by atoms with E-state index in [0.29, 0.717) is 6.42 Å². The Morgan fingerprint density at radius 1 is 1.17 bits per heavy atom. The number of allylic oxidation sites excluding steroid dienone is 4. The minimum Gasteiger partial charge on any atom is -0.457 e. The second-order valence-corrected chi connectivity index (χ2v) is 13.4. The SMILES string of the molecule is C[C@@H]1CC2C3CCC4=CC(=O)C=CC4(C)C3C(O)CC2(C)[C@@]1(O)C(=O)COC(=O)Cc1ccc(-c2ccn(C)n2)cc1. The Morgan fingerprint density at radius 3 is 2.60 bits per heavy atom. The minimum absolute atomic E-state index is 0.0105. The van der Waals surface area contributed by atoms with E-state index in [1.807, 2.05) is 63.5 Å². The summed E-state index contributed by atoms with van der Waals surface area (Å²) in [5.41, 5.74) is 0.601. The number of Topliss-reactive ketones (excluding diaryl/α,β-unsaturated/α-hetero) is 1. The number of fused-ring (bicyclic) bond motifs is 5. The number of hydrogen-bond donors (Lipinski definition) is 2. The van der Waals surface area contributed by atoms with E-state index in [9.17, 15) is 24.6 Å². The highest BCUT2D eigenvalue weighted by molar-refractivity contribution is 6.01. The Bertz CT molecular complexity index is 1490. The van der Waals surface area contributed by atoms with Gasteiger partial charge in [0.15, 0.2) is 12.4 Å². The van der Waals surface area contributed by atoms with Gasteiger partial charge in [-0.1, -0.05) is 56.7 Å². The van der Waals surface area contributed by atoms with Crippen molar-refractivity contribution in [2.24, 2.45) is 41.5 Å². The fourth-order valence-electron chi connectivity index (χ4n) is 9.09. The van der Waals surface area contributed by atoms with Gasteiger partial charge in [-0.25, -0.2) is 0 Å². The Kier molecular flexibility index (Phi) is 6.93. The number of hydrogen-bond acceptors (Lipinski definition) is 7. The minimum atomic E-state index is -1.72. The Balaban J connectivity index is 1.14. The van der Waals surface area contributed by atoms with Crippen LogP contribution < -0.4 is 0 Å². The van der Waals surface area contributed by atoms with Crippen LogP contribution in [0.25, 0.3) is 11.3 Å². The maximum atomic E-state index is 13.7. The molecule has 8 heteroatoms. The van der Waals surface area contributed by atoms with Gasteiger partial charge in [-0.05, 0) is 67.2 Å². The largest absolute Gasteiger partial charge is 0.457 e. The highest BCUT2D eigenvalue weighted by Gasteiger charge is 2.70. The fourth-order valence-corrected chi connectivity index (χ4v) is 9.09. The molecule has 2 N–H and O–H groups in total. The molecule has 1 aromatic heterocycles. The van der Waals surface area contributed by atoms with E-state index in [1.54, 1.807) is 16.8 Å². The monoisotopic (exact) mass is 572 g/mol. The first-order valence-electron chi connectivity index (χ1n) is 15.0. The molecule has 4 aliphatic carbocycles. The van der Waals surface area contributed by atoms with Crippen LogP contribution in [-0.4, -0.2) is 55.8 Å². The Labute approximate surface area is 246 Å². The van der Waals surface area contributed by atoms with Crippen molar-refractivity contribution in [1.82, 2.24) is 9.78 Å². The number of aliphatic hydroxyl groups excluding tert-OH is 1. The predicted octanol–water partition coefficient (Wildman–Crippen LogP) is 4.00. The lowest BCUT2D eigenvalue weighted by molar-refractivity contribution is -0.186. The maximum absolute atomic E-state index is 13.7. The predicted molar refractivity (Wildman–Crippen MR) is 156 cm³/mol. The van der Waals surface area contributed by atoms with Crippen molar-refractivity contribution in [3.8, 4) is 11.3 Å². The van der Waals surface area contributed by atoms with Crippen LogP contribution in [0.2, 0.25) is 0 Å². The molecule has 0 saturated heterocycles. The lowest BCUT2D eigenvalue weighted by Crippen LogP contribution is -2.62. The number of nitrogens with zero attached hydrogens (tertiary/aromatic N) is 2. The summed E-state index contributed by atoms with van der Waals surface area (Å²) in [5, 5.41) is 28.1. The van der Waals surface area contributed by atoms with Gasteiger partial charge in [0.05, 0.1) is 18.2 Å². The average Bonchev–Trinajstić information content (AvgIpc) is 3.47. The molecule has 4 aliphatic rings. The highest BCUT2D eigenvalue weighted by Crippen LogP contribution is 2.68. The van der Waals surface area contributed by atoms with Gasteiger partial charge in [0.1, 0.15) is 5.60 Å². The number of esters is 1. The zero-order chi connectivity index (χ0) is 30.0. The molecule has 3 fully saturated rings. The van der Waals surface area contributed by atoms with Crippen molar-refractivity contribution in [3.05, 3.63) is 65.9 Å². The van der Waals surface area contributed by atoms with Crippen LogP contribution in [0.3, 0.4) is 0 Å². The molecule has 2 aromatic rings. The molecule has 0 spiro atoms. The first-order chi connectivity index (χ1) is 19.9. The fraction of sp³-hybridized carbons (Fsp3) is 0.529. The van der Waals surface area contributed by atoms with Crippen molar-refractivity contribution in [3.63, 3.8) is 0 Å². The molecule has 6 unspecified atom stereocenters. The summed E-state index contributed by atoms with van der Waals surface area (Å²) in [6.07, 6.45) is 8.89. The molecule has 42 heavy (non-hydrogen) atoms. The summed E-state index contributed by atoms with van der Waals surface area (Å²) in [5.74, 6) is -1.38. The summed E-state index contributed by atoms with van der Waals surface area (Å²) in [4.78, 5) is 38.5. The van der Waals surface area contributed by atoms with E-state index >= 15 is 0 Å². The van der Waals surface area contributed by atoms with Gasteiger partial charge in [0, 0.05) is 35.6 Å². The van der Waals surface area contributed by atoms with Gasteiger partial charge >= 0.3 is 5.97 Å². The first kappa shape index (κ1) is 28.7. The molecule has 8 atom stereocenters. The third-order valence-corrected chi connectivity index (χ3v) is 11.2. The molecule has 0 bridgehead atoms. The number of aliphatic hydroxyl groups is 2. The van der Waals surface area contributed by atoms with Gasteiger partial charge in [-0.2, -0.15) is 5.10 Å². The number of rotatable bonds is 6. The van der Waals surface area contributed by atoms with Gasteiger partial charge in [-0.3, -0.25) is 19.1 Å². The highest BCUT2D eigenvalue weighted by atomic mass is 16.5. The topological polar surface area (TPSA) is 119 Å². The van der Waals surface area contributed by atoms with Gasteiger partial charge in [-0.15, -0.1) is 0 Å². The van der Waals surface area contributed by atoms with E-state index in [1.165, 1.54) is 0 Å². The van der Waals surface area contributed by atoms with Crippen molar-refractivity contribution in [2.45, 2.75) is 64.6 Å². The van der Waals surface area contributed by atoms with Crippen LogP contribution in [0, 0.1) is 34.5 Å². The molecule has 222 valence electrons. The summed E-state index contributed by atoms with van der Waals surface area (Å²) < 4.78 is 7.16. The molecule has 0 radical (unpaired) electrons. The molecule has 8 nitrogen and oxygen atoms in total. The quantitative estimate of drug-likeness (QED) is 0.503. The van der Waals surface area contributed by atoms with E-state index in [2.05, 4.69) is 12.0 Å². The van der Waals surface area contributed by atoms with Crippen LogP contribution in [0.15, 0.2) is 60.3 Å². The molecule has 0 aliphatic heterocycles. The smallest absolute Gasteiger partial charge is 0.310 e. The average molecular weight is 573 g/mol. The molecule has 3 saturated carbocycles. The Hall–Kier alpha value is -3.36. The zero-order valence-corrected chi connectivity index (χ0v) is 24.7. The van der Waals surface area contributed by atoms with Crippen LogP contribution in [0.5, 0.6) is 0 Å². The van der Waals surface area contributed by atoms with E-state index < -0.39 is 40.9 Å². The maximum Gasteiger partial charge on any atom is 0.310 e. The number of carbonyl (C=O) groups excluding carboxylic acids is 3. The molecule has 6 rings (SSSR count). The number of aromatic nitrogens is 2. The number of aryl methyl sites for hydroxylation is 1. The van der Waals surface area contributed by atoms with Gasteiger partial charge in [0.2, 0.25) is 5.78 Å². The van der Waals surface area contributed by atoms with Crippen molar-refractivity contribution < 1.29 is 29.3 Å². The number of carbonyl (C=O) groups is 3. The normalized spacial score (nSPS) is 37.0.